The van der Waals surface area contributed by atoms with Crippen molar-refractivity contribution >= 4 is 29.1 Å². The summed E-state index contributed by atoms with van der Waals surface area (Å²) >= 11 is 4.98. The molecule has 2 amide bonds. The summed E-state index contributed by atoms with van der Waals surface area (Å²) < 4.78 is 0. The molecule has 0 saturated carbocycles. The Kier molecular flexibility index (Phi) is 2.98. The summed E-state index contributed by atoms with van der Waals surface area (Å²) in [5.74, 6) is 0.865. The second kappa shape index (κ2) is 4.65. The quantitative estimate of drug-likeness (QED) is 0.740. The van der Waals surface area contributed by atoms with Gasteiger partial charge in [-0.25, -0.2) is 9.78 Å². The normalized spacial score (nSPS) is 22.1. The first kappa shape index (κ1) is 12.2. The van der Waals surface area contributed by atoms with E-state index in [2.05, 4.69) is 15.2 Å². The Morgan fingerprint density at radius 1 is 1.53 bits per heavy atom. The Morgan fingerprint density at radius 3 is 3.16 bits per heavy atom. The third kappa shape index (κ3) is 2.21. The van der Waals surface area contributed by atoms with Gasteiger partial charge in [0.1, 0.15) is 10.8 Å². The Hall–Kier alpha value is -1.89. The van der Waals surface area contributed by atoms with E-state index in [0.29, 0.717) is 11.5 Å². The Labute approximate surface area is 116 Å². The van der Waals surface area contributed by atoms with Crippen molar-refractivity contribution in [1.29, 1.82) is 0 Å². The van der Waals surface area contributed by atoms with Gasteiger partial charge in [-0.1, -0.05) is 12.2 Å². The van der Waals surface area contributed by atoms with Crippen LogP contribution in [-0.2, 0) is 0 Å². The Morgan fingerprint density at radius 2 is 2.37 bits per heavy atom. The SMILES string of the molecule is NC(=S)c1ccnc(N2CCN3C(=O)NCC3C2)c1. The molecular weight excluding hydrogens is 262 g/mol. The number of thiocarbonyl (C=S) groups is 1. The number of hydrogen-bond donors (Lipinski definition) is 2. The summed E-state index contributed by atoms with van der Waals surface area (Å²) in [6.07, 6.45) is 1.72. The van der Waals surface area contributed by atoms with Gasteiger partial charge in [0, 0.05) is 37.9 Å². The summed E-state index contributed by atoms with van der Waals surface area (Å²) in [5.41, 5.74) is 6.46. The first-order valence-electron chi connectivity index (χ1n) is 6.20. The highest BCUT2D eigenvalue weighted by Crippen LogP contribution is 2.20. The minimum absolute atomic E-state index is 0.0366. The molecule has 0 spiro atoms. The fraction of sp³-hybridized carbons (Fsp3) is 0.417. The van der Waals surface area contributed by atoms with Crippen LogP contribution >= 0.6 is 12.2 Å². The number of urea groups is 1. The number of rotatable bonds is 2. The maximum absolute atomic E-state index is 11.5. The van der Waals surface area contributed by atoms with E-state index in [1.165, 1.54) is 0 Å². The lowest BCUT2D eigenvalue weighted by molar-refractivity contribution is 0.197. The Balaban J connectivity index is 1.78. The number of anilines is 1. The number of nitrogens with one attached hydrogen (secondary N) is 1. The molecule has 0 aromatic carbocycles. The fourth-order valence-electron chi connectivity index (χ4n) is 2.56. The predicted octanol–water partition coefficient (Wildman–Crippen LogP) is -0.0704. The molecule has 19 heavy (non-hydrogen) atoms. The van der Waals surface area contributed by atoms with Crippen LogP contribution in [0.2, 0.25) is 0 Å². The van der Waals surface area contributed by atoms with Crippen LogP contribution in [0.25, 0.3) is 0 Å². The van der Waals surface area contributed by atoms with Crippen LogP contribution in [0.3, 0.4) is 0 Å². The minimum Gasteiger partial charge on any atom is -0.389 e. The molecular formula is C12H15N5OS. The topological polar surface area (TPSA) is 74.5 Å². The third-order valence-electron chi connectivity index (χ3n) is 3.59. The summed E-state index contributed by atoms with van der Waals surface area (Å²) in [7, 11) is 0. The van der Waals surface area contributed by atoms with Crippen LogP contribution in [0, 0.1) is 0 Å². The van der Waals surface area contributed by atoms with E-state index in [4.69, 9.17) is 18.0 Å². The van der Waals surface area contributed by atoms with Crippen LogP contribution < -0.4 is 16.0 Å². The zero-order valence-electron chi connectivity index (χ0n) is 10.4. The first-order valence-corrected chi connectivity index (χ1v) is 6.61. The van der Waals surface area contributed by atoms with Gasteiger partial charge in [-0.2, -0.15) is 0 Å². The van der Waals surface area contributed by atoms with Crippen molar-refractivity contribution in [2.75, 3.05) is 31.1 Å². The summed E-state index contributed by atoms with van der Waals surface area (Å²) in [6.45, 7) is 2.98. The molecule has 0 bridgehead atoms. The maximum atomic E-state index is 11.5. The van der Waals surface area contributed by atoms with Crippen molar-refractivity contribution in [2.24, 2.45) is 5.73 Å². The monoisotopic (exact) mass is 277 g/mol. The van der Waals surface area contributed by atoms with Crippen molar-refractivity contribution in [2.45, 2.75) is 6.04 Å². The average Bonchev–Trinajstić information content (AvgIpc) is 2.80. The number of pyridine rings is 1. The predicted molar refractivity (Wildman–Crippen MR) is 76.2 cm³/mol. The van der Waals surface area contributed by atoms with Gasteiger partial charge in [0.2, 0.25) is 0 Å². The van der Waals surface area contributed by atoms with Gasteiger partial charge in [-0.15, -0.1) is 0 Å². The van der Waals surface area contributed by atoms with Crippen molar-refractivity contribution in [1.82, 2.24) is 15.2 Å². The second-order valence-corrected chi connectivity index (χ2v) is 5.19. The molecule has 6 nitrogen and oxygen atoms in total. The van der Waals surface area contributed by atoms with Gasteiger partial charge in [-0.05, 0) is 12.1 Å². The van der Waals surface area contributed by atoms with Crippen LogP contribution in [0.15, 0.2) is 18.3 Å². The molecule has 2 fully saturated rings. The van der Waals surface area contributed by atoms with Gasteiger partial charge >= 0.3 is 6.03 Å². The molecule has 1 aromatic heterocycles. The number of fused-ring (bicyclic) bond motifs is 1. The number of nitrogens with zero attached hydrogens (tertiary/aromatic N) is 3. The number of carbonyl (C=O) groups is 1. The van der Waals surface area contributed by atoms with Crippen LogP contribution in [0.5, 0.6) is 0 Å². The molecule has 7 heteroatoms. The molecule has 0 aliphatic carbocycles. The largest absolute Gasteiger partial charge is 0.389 e. The molecule has 2 saturated heterocycles. The van der Waals surface area contributed by atoms with Crippen molar-refractivity contribution < 1.29 is 4.79 Å². The third-order valence-corrected chi connectivity index (χ3v) is 3.82. The molecule has 0 radical (unpaired) electrons. The van der Waals surface area contributed by atoms with E-state index in [1.807, 2.05) is 17.0 Å². The highest BCUT2D eigenvalue weighted by molar-refractivity contribution is 7.80. The number of carbonyl (C=O) groups excluding carboxylic acids is 1. The highest BCUT2D eigenvalue weighted by atomic mass is 32.1. The van der Waals surface area contributed by atoms with Gasteiger partial charge in [0.05, 0.1) is 6.04 Å². The smallest absolute Gasteiger partial charge is 0.317 e. The van der Waals surface area contributed by atoms with Crippen LogP contribution in [0.1, 0.15) is 5.56 Å². The molecule has 2 aliphatic heterocycles. The average molecular weight is 277 g/mol. The lowest BCUT2D eigenvalue weighted by Gasteiger charge is -2.37. The summed E-state index contributed by atoms with van der Waals surface area (Å²) in [5, 5.41) is 2.86. The molecule has 3 rings (SSSR count). The number of hydrogen-bond acceptors (Lipinski definition) is 4. The van der Waals surface area contributed by atoms with E-state index < -0.39 is 0 Å². The van der Waals surface area contributed by atoms with E-state index >= 15 is 0 Å². The minimum atomic E-state index is 0.0366. The molecule has 3 heterocycles. The van der Waals surface area contributed by atoms with Crippen LogP contribution in [-0.4, -0.2) is 53.1 Å². The second-order valence-electron chi connectivity index (χ2n) is 4.75. The molecule has 1 unspecified atom stereocenters. The lowest BCUT2D eigenvalue weighted by Crippen LogP contribution is -2.52. The van der Waals surface area contributed by atoms with Crippen molar-refractivity contribution in [3.63, 3.8) is 0 Å². The first-order chi connectivity index (χ1) is 9.15. The summed E-state index contributed by atoms with van der Waals surface area (Å²) in [6, 6.07) is 3.97. The zero-order chi connectivity index (χ0) is 13.4. The number of piperazine rings is 1. The standard InChI is InChI=1S/C12H15N5OS/c13-11(19)8-1-2-14-10(5-8)16-3-4-17-9(7-16)6-15-12(17)18/h1-2,5,9H,3-4,6-7H2,(H2,13,19)(H,15,18). The van der Waals surface area contributed by atoms with Gasteiger partial charge in [0.15, 0.2) is 0 Å². The fourth-order valence-corrected chi connectivity index (χ4v) is 2.68. The number of aromatic nitrogens is 1. The lowest BCUT2D eigenvalue weighted by atomic mass is 10.2. The highest BCUT2D eigenvalue weighted by Gasteiger charge is 2.35. The van der Waals surface area contributed by atoms with Crippen molar-refractivity contribution in [3.8, 4) is 0 Å². The maximum Gasteiger partial charge on any atom is 0.317 e. The van der Waals surface area contributed by atoms with E-state index in [0.717, 1.165) is 31.0 Å². The Bertz CT molecular complexity index is 535. The molecule has 1 atom stereocenters. The number of nitrogens with two attached hydrogens (primary N) is 1. The molecule has 3 N–H and O–H groups in total. The van der Waals surface area contributed by atoms with Gasteiger partial charge < -0.3 is 20.9 Å². The van der Waals surface area contributed by atoms with E-state index in [-0.39, 0.29) is 12.1 Å². The summed E-state index contributed by atoms with van der Waals surface area (Å²) in [4.78, 5) is 20.3. The van der Waals surface area contributed by atoms with Gasteiger partial charge in [0.25, 0.3) is 0 Å². The van der Waals surface area contributed by atoms with E-state index in [1.54, 1.807) is 6.20 Å². The molecule has 100 valence electrons. The van der Waals surface area contributed by atoms with Gasteiger partial charge in [-0.3, -0.25) is 0 Å². The van der Waals surface area contributed by atoms with E-state index in [9.17, 15) is 4.79 Å². The van der Waals surface area contributed by atoms with Crippen molar-refractivity contribution in [3.05, 3.63) is 23.9 Å². The zero-order valence-corrected chi connectivity index (χ0v) is 11.2. The number of amides is 2. The molecule has 2 aliphatic rings. The van der Waals surface area contributed by atoms with Crippen LogP contribution in [0.4, 0.5) is 10.6 Å². The molecule has 1 aromatic rings.